The lowest BCUT2D eigenvalue weighted by Gasteiger charge is -2.50. The third-order valence-corrected chi connectivity index (χ3v) is 3.47. The molecule has 1 saturated heterocycles. The number of hydrogen-bond donors (Lipinski definition) is 2. The lowest BCUT2D eigenvalue weighted by atomic mass is 9.73. The molecule has 2 N–H and O–H groups in total. The highest BCUT2D eigenvalue weighted by Gasteiger charge is 2.46. The average Bonchev–Trinajstić information content (AvgIpc) is 2.23. The van der Waals surface area contributed by atoms with Crippen molar-refractivity contribution in [2.75, 3.05) is 6.61 Å². The van der Waals surface area contributed by atoms with Crippen LogP contribution in [0.15, 0.2) is 30.3 Å². The van der Waals surface area contributed by atoms with Crippen LogP contribution in [0.3, 0.4) is 0 Å². The Bertz CT molecular complexity index is 410. The zero-order chi connectivity index (χ0) is 14.1. The first kappa shape index (κ1) is 14.4. The molecule has 1 aliphatic heterocycles. The van der Waals surface area contributed by atoms with E-state index >= 15 is 0 Å². The van der Waals surface area contributed by atoms with E-state index in [4.69, 9.17) is 4.74 Å². The van der Waals surface area contributed by atoms with E-state index in [1.807, 2.05) is 30.3 Å². The van der Waals surface area contributed by atoms with Crippen LogP contribution in [0.4, 0.5) is 0 Å². The summed E-state index contributed by atoms with van der Waals surface area (Å²) < 4.78 is 5.76. The minimum atomic E-state index is -0.784. The molecule has 0 amide bonds. The maximum absolute atomic E-state index is 10.8. The number of aliphatic hydroxyl groups is 1. The Kier molecular flexibility index (Phi) is 3.63. The Balaban J connectivity index is 2.05. The van der Waals surface area contributed by atoms with E-state index in [1.54, 1.807) is 0 Å². The summed E-state index contributed by atoms with van der Waals surface area (Å²) in [6.45, 7) is 8.84. The van der Waals surface area contributed by atoms with Gasteiger partial charge in [-0.25, -0.2) is 0 Å². The van der Waals surface area contributed by atoms with E-state index < -0.39 is 5.60 Å². The molecule has 0 spiro atoms. The van der Waals surface area contributed by atoms with E-state index in [1.165, 1.54) is 0 Å². The maximum Gasteiger partial charge on any atom is 0.119 e. The van der Waals surface area contributed by atoms with Gasteiger partial charge in [0.2, 0.25) is 0 Å². The second kappa shape index (κ2) is 4.80. The number of hydrogen-bond acceptors (Lipinski definition) is 3. The summed E-state index contributed by atoms with van der Waals surface area (Å²) in [5, 5.41) is 14.4. The van der Waals surface area contributed by atoms with Crippen molar-refractivity contribution in [1.82, 2.24) is 5.32 Å². The van der Waals surface area contributed by atoms with Crippen LogP contribution in [-0.4, -0.2) is 28.4 Å². The largest absolute Gasteiger partial charge is 0.491 e. The number of rotatable bonds is 3. The van der Waals surface area contributed by atoms with Crippen molar-refractivity contribution >= 4 is 0 Å². The molecule has 0 unspecified atom stereocenters. The first-order valence-corrected chi connectivity index (χ1v) is 6.89. The highest BCUT2D eigenvalue weighted by atomic mass is 16.5. The summed E-state index contributed by atoms with van der Waals surface area (Å²) in [5.74, 6) is 0.810. The fourth-order valence-electron chi connectivity index (χ4n) is 3.55. The third kappa shape index (κ3) is 3.95. The SMILES string of the molecule is CC1(C)CC(O)(COc2ccccc2)CC(C)(C)N1. The van der Waals surface area contributed by atoms with Crippen LogP contribution in [0.25, 0.3) is 0 Å². The predicted molar refractivity (Wildman–Crippen MR) is 77.4 cm³/mol. The summed E-state index contributed by atoms with van der Waals surface area (Å²) in [5.41, 5.74) is -0.957. The van der Waals surface area contributed by atoms with E-state index in [2.05, 4.69) is 33.0 Å². The molecule has 0 bridgehead atoms. The summed E-state index contributed by atoms with van der Waals surface area (Å²) in [4.78, 5) is 0. The zero-order valence-electron chi connectivity index (χ0n) is 12.4. The minimum Gasteiger partial charge on any atom is -0.491 e. The standard InChI is InChI=1S/C16H25NO2/c1-14(2)10-16(18,11-15(3,4)17-14)12-19-13-8-6-5-7-9-13/h5-9,17-18H,10-12H2,1-4H3. The summed E-state index contributed by atoms with van der Waals surface area (Å²) in [6.07, 6.45) is 1.38. The molecular weight excluding hydrogens is 238 g/mol. The highest BCUT2D eigenvalue weighted by Crippen LogP contribution is 2.36. The van der Waals surface area contributed by atoms with Crippen LogP contribution in [0.2, 0.25) is 0 Å². The monoisotopic (exact) mass is 263 g/mol. The number of piperidine rings is 1. The lowest BCUT2D eigenvalue weighted by molar-refractivity contribution is -0.0819. The van der Waals surface area contributed by atoms with Crippen molar-refractivity contribution in [2.45, 2.75) is 57.2 Å². The first-order valence-electron chi connectivity index (χ1n) is 6.89. The maximum atomic E-state index is 10.8. The van der Waals surface area contributed by atoms with Gasteiger partial charge in [0.1, 0.15) is 18.0 Å². The van der Waals surface area contributed by atoms with Crippen LogP contribution >= 0.6 is 0 Å². The van der Waals surface area contributed by atoms with Crippen LogP contribution in [0.5, 0.6) is 5.75 Å². The molecule has 0 aliphatic carbocycles. The number of benzene rings is 1. The molecule has 1 aliphatic rings. The minimum absolute atomic E-state index is 0.0868. The van der Waals surface area contributed by atoms with Gasteiger partial charge in [-0.1, -0.05) is 18.2 Å². The van der Waals surface area contributed by atoms with Crippen molar-refractivity contribution in [3.05, 3.63) is 30.3 Å². The van der Waals surface area contributed by atoms with Gasteiger partial charge in [0, 0.05) is 11.1 Å². The molecule has 0 radical (unpaired) electrons. The molecule has 0 saturated carbocycles. The number of nitrogens with one attached hydrogen (secondary N) is 1. The van der Waals surface area contributed by atoms with Gasteiger partial charge in [-0.3, -0.25) is 0 Å². The van der Waals surface area contributed by atoms with Gasteiger partial charge >= 0.3 is 0 Å². The normalized spacial score (nSPS) is 23.8. The molecule has 3 heteroatoms. The van der Waals surface area contributed by atoms with Gasteiger partial charge in [0.25, 0.3) is 0 Å². The molecule has 1 fully saturated rings. The number of para-hydroxylation sites is 1. The molecule has 1 aromatic carbocycles. The van der Waals surface area contributed by atoms with Gasteiger partial charge < -0.3 is 15.2 Å². The molecule has 1 heterocycles. The van der Waals surface area contributed by atoms with Crippen molar-refractivity contribution in [2.24, 2.45) is 0 Å². The van der Waals surface area contributed by atoms with Crippen molar-refractivity contribution in [1.29, 1.82) is 0 Å². The molecule has 106 valence electrons. The highest BCUT2D eigenvalue weighted by molar-refractivity contribution is 5.21. The third-order valence-electron chi connectivity index (χ3n) is 3.47. The Morgan fingerprint density at radius 3 is 2.11 bits per heavy atom. The molecule has 0 atom stereocenters. The van der Waals surface area contributed by atoms with E-state index in [-0.39, 0.29) is 11.1 Å². The quantitative estimate of drug-likeness (QED) is 0.881. The molecule has 2 rings (SSSR count). The van der Waals surface area contributed by atoms with Crippen LogP contribution in [-0.2, 0) is 0 Å². The summed E-state index contributed by atoms with van der Waals surface area (Å²) in [6, 6.07) is 9.67. The topological polar surface area (TPSA) is 41.5 Å². The first-order chi connectivity index (χ1) is 8.70. The zero-order valence-corrected chi connectivity index (χ0v) is 12.4. The Hall–Kier alpha value is -1.06. The summed E-state index contributed by atoms with van der Waals surface area (Å²) >= 11 is 0. The fraction of sp³-hybridized carbons (Fsp3) is 0.625. The van der Waals surface area contributed by atoms with Gasteiger partial charge in [-0.05, 0) is 52.7 Å². The number of ether oxygens (including phenoxy) is 1. The fourth-order valence-corrected chi connectivity index (χ4v) is 3.55. The average molecular weight is 263 g/mol. The van der Waals surface area contributed by atoms with E-state index in [9.17, 15) is 5.11 Å². The smallest absolute Gasteiger partial charge is 0.119 e. The van der Waals surface area contributed by atoms with Crippen molar-refractivity contribution < 1.29 is 9.84 Å². The Labute approximate surface area is 116 Å². The van der Waals surface area contributed by atoms with Crippen LogP contribution in [0.1, 0.15) is 40.5 Å². The molecule has 19 heavy (non-hydrogen) atoms. The summed E-state index contributed by atoms with van der Waals surface area (Å²) in [7, 11) is 0. The van der Waals surface area contributed by atoms with Gasteiger partial charge in [0.15, 0.2) is 0 Å². The molecule has 1 aromatic rings. The Morgan fingerprint density at radius 2 is 1.58 bits per heavy atom. The Morgan fingerprint density at radius 1 is 1.05 bits per heavy atom. The molecule has 3 nitrogen and oxygen atoms in total. The van der Waals surface area contributed by atoms with Crippen molar-refractivity contribution in [3.63, 3.8) is 0 Å². The van der Waals surface area contributed by atoms with Gasteiger partial charge in [-0.2, -0.15) is 0 Å². The second-order valence-electron chi connectivity index (χ2n) is 7.07. The van der Waals surface area contributed by atoms with Gasteiger partial charge in [-0.15, -0.1) is 0 Å². The lowest BCUT2D eigenvalue weighted by Crippen LogP contribution is -2.64. The van der Waals surface area contributed by atoms with Crippen LogP contribution in [0, 0.1) is 0 Å². The molecule has 0 aromatic heterocycles. The van der Waals surface area contributed by atoms with Crippen LogP contribution < -0.4 is 10.1 Å². The van der Waals surface area contributed by atoms with E-state index in [0.717, 1.165) is 5.75 Å². The van der Waals surface area contributed by atoms with Crippen molar-refractivity contribution in [3.8, 4) is 5.75 Å². The van der Waals surface area contributed by atoms with Gasteiger partial charge in [0.05, 0.1) is 0 Å². The molecular formula is C16H25NO2. The second-order valence-corrected chi connectivity index (χ2v) is 7.07. The van der Waals surface area contributed by atoms with E-state index in [0.29, 0.717) is 19.4 Å². The predicted octanol–water partition coefficient (Wildman–Crippen LogP) is 2.74.